The summed E-state index contributed by atoms with van der Waals surface area (Å²) in [6, 6.07) is 10.1. The predicted molar refractivity (Wildman–Crippen MR) is 82.2 cm³/mol. The fourth-order valence-corrected chi connectivity index (χ4v) is 2.29. The Morgan fingerprint density at radius 3 is 2.57 bits per heavy atom. The molecule has 3 aromatic rings. The summed E-state index contributed by atoms with van der Waals surface area (Å²) in [5.41, 5.74) is -0.293. The molecule has 0 aliphatic heterocycles. The Morgan fingerprint density at radius 2 is 1.83 bits per heavy atom. The van der Waals surface area contributed by atoms with E-state index in [-0.39, 0.29) is 18.1 Å². The number of hydrogen-bond donors (Lipinski definition) is 3. The van der Waals surface area contributed by atoms with Gasteiger partial charge in [-0.25, -0.2) is 13.8 Å². The number of hydrogen-bond acceptors (Lipinski definition) is 4. The summed E-state index contributed by atoms with van der Waals surface area (Å²) in [5.74, 6) is -1.55. The van der Waals surface area contributed by atoms with E-state index in [0.29, 0.717) is 10.9 Å². The largest absolute Gasteiger partial charge is 0.386 e. The number of nitrogens with one attached hydrogen (secondary N) is 2. The summed E-state index contributed by atoms with van der Waals surface area (Å²) >= 11 is 0. The van der Waals surface area contributed by atoms with Gasteiger partial charge in [0.2, 0.25) is 5.95 Å². The number of H-pyrrole nitrogens is 1. The standard InChI is InChI=1S/C16H13F2N3O2/c17-10-5-3-6-11(18)14(10)13(22)8-19-16-20-12-7-2-1-4-9(12)15(23)21-16/h1-7,13,22H,8H2,(H2,19,20,21,23). The maximum Gasteiger partial charge on any atom is 0.260 e. The van der Waals surface area contributed by atoms with Crippen LogP contribution in [-0.4, -0.2) is 21.6 Å². The monoisotopic (exact) mass is 317 g/mol. The number of para-hydroxylation sites is 1. The molecule has 1 atom stereocenters. The van der Waals surface area contributed by atoms with Crippen molar-refractivity contribution in [2.75, 3.05) is 11.9 Å². The molecule has 1 unspecified atom stereocenters. The minimum atomic E-state index is -1.42. The number of rotatable bonds is 4. The van der Waals surface area contributed by atoms with Gasteiger partial charge in [-0.3, -0.25) is 9.78 Å². The van der Waals surface area contributed by atoms with Crippen LogP contribution in [-0.2, 0) is 0 Å². The Labute approximate surface area is 129 Å². The molecule has 2 aromatic carbocycles. The van der Waals surface area contributed by atoms with Crippen molar-refractivity contribution in [2.45, 2.75) is 6.10 Å². The first-order valence-electron chi connectivity index (χ1n) is 6.91. The molecule has 0 amide bonds. The van der Waals surface area contributed by atoms with E-state index >= 15 is 0 Å². The van der Waals surface area contributed by atoms with Gasteiger partial charge in [0, 0.05) is 6.54 Å². The molecular formula is C16H13F2N3O2. The molecule has 0 aliphatic rings. The second kappa shape index (κ2) is 6.13. The average molecular weight is 317 g/mol. The van der Waals surface area contributed by atoms with E-state index in [1.807, 2.05) is 0 Å². The number of aromatic amines is 1. The SMILES string of the molecule is O=c1[nH]c(NCC(O)c2c(F)cccc2F)nc2ccccc12. The Kier molecular flexibility index (Phi) is 4.03. The highest BCUT2D eigenvalue weighted by Crippen LogP contribution is 2.20. The van der Waals surface area contributed by atoms with Gasteiger partial charge in [-0.1, -0.05) is 18.2 Å². The third-order valence-electron chi connectivity index (χ3n) is 3.41. The minimum absolute atomic E-state index is 0.115. The number of anilines is 1. The van der Waals surface area contributed by atoms with E-state index in [1.165, 1.54) is 6.07 Å². The van der Waals surface area contributed by atoms with Crippen LogP contribution in [0.5, 0.6) is 0 Å². The molecule has 0 aliphatic carbocycles. The summed E-state index contributed by atoms with van der Waals surface area (Å²) in [4.78, 5) is 18.6. The summed E-state index contributed by atoms with van der Waals surface area (Å²) in [6.45, 7) is -0.209. The van der Waals surface area contributed by atoms with Gasteiger partial charge < -0.3 is 10.4 Å². The van der Waals surface area contributed by atoms with Crippen LogP contribution < -0.4 is 10.9 Å². The molecule has 0 fully saturated rings. The summed E-state index contributed by atoms with van der Waals surface area (Å²) in [5, 5.41) is 13.1. The Morgan fingerprint density at radius 1 is 1.13 bits per heavy atom. The van der Waals surface area contributed by atoms with E-state index in [1.54, 1.807) is 24.3 Å². The van der Waals surface area contributed by atoms with Crippen LogP contribution >= 0.6 is 0 Å². The zero-order valence-corrected chi connectivity index (χ0v) is 11.9. The van der Waals surface area contributed by atoms with Crippen molar-refractivity contribution in [1.29, 1.82) is 0 Å². The van der Waals surface area contributed by atoms with Gasteiger partial charge in [0.1, 0.15) is 17.7 Å². The maximum atomic E-state index is 13.6. The molecule has 0 spiro atoms. The van der Waals surface area contributed by atoms with Crippen LogP contribution in [0.3, 0.4) is 0 Å². The molecule has 0 bridgehead atoms. The van der Waals surface area contributed by atoms with Crippen molar-refractivity contribution in [3.05, 3.63) is 70.0 Å². The molecule has 5 nitrogen and oxygen atoms in total. The summed E-state index contributed by atoms with van der Waals surface area (Å²) in [7, 11) is 0. The third-order valence-corrected chi connectivity index (χ3v) is 3.41. The van der Waals surface area contributed by atoms with Crippen molar-refractivity contribution in [1.82, 2.24) is 9.97 Å². The van der Waals surface area contributed by atoms with Gasteiger partial charge in [0.05, 0.1) is 16.5 Å². The number of nitrogens with zero attached hydrogens (tertiary/aromatic N) is 1. The van der Waals surface area contributed by atoms with Crippen molar-refractivity contribution < 1.29 is 13.9 Å². The van der Waals surface area contributed by atoms with Crippen LogP contribution in [0.4, 0.5) is 14.7 Å². The van der Waals surface area contributed by atoms with E-state index in [0.717, 1.165) is 12.1 Å². The quantitative estimate of drug-likeness (QED) is 0.690. The number of aliphatic hydroxyl groups excluding tert-OH is 1. The van der Waals surface area contributed by atoms with Gasteiger partial charge in [0.15, 0.2) is 0 Å². The Hall–Kier alpha value is -2.80. The molecule has 23 heavy (non-hydrogen) atoms. The number of fused-ring (bicyclic) bond motifs is 1. The van der Waals surface area contributed by atoms with Crippen molar-refractivity contribution in [3.8, 4) is 0 Å². The lowest BCUT2D eigenvalue weighted by Gasteiger charge is -2.14. The van der Waals surface area contributed by atoms with E-state index in [4.69, 9.17) is 0 Å². The third kappa shape index (κ3) is 3.04. The van der Waals surface area contributed by atoms with Crippen LogP contribution in [0, 0.1) is 11.6 Å². The first-order chi connectivity index (χ1) is 11.1. The molecule has 0 saturated heterocycles. The molecule has 3 N–H and O–H groups in total. The van der Waals surface area contributed by atoms with Crippen molar-refractivity contribution >= 4 is 16.9 Å². The fourth-order valence-electron chi connectivity index (χ4n) is 2.29. The normalized spacial score (nSPS) is 12.3. The maximum absolute atomic E-state index is 13.6. The summed E-state index contributed by atoms with van der Waals surface area (Å²) in [6.07, 6.45) is -1.42. The van der Waals surface area contributed by atoms with Gasteiger partial charge in [-0.2, -0.15) is 0 Å². The van der Waals surface area contributed by atoms with Crippen LogP contribution in [0.2, 0.25) is 0 Å². The van der Waals surface area contributed by atoms with Gasteiger partial charge in [0.25, 0.3) is 5.56 Å². The van der Waals surface area contributed by atoms with E-state index < -0.39 is 23.3 Å². The number of aliphatic hydroxyl groups is 1. The van der Waals surface area contributed by atoms with Crippen LogP contribution in [0.25, 0.3) is 10.9 Å². The zero-order chi connectivity index (χ0) is 16.4. The fraction of sp³-hybridized carbons (Fsp3) is 0.125. The van der Waals surface area contributed by atoms with E-state index in [2.05, 4.69) is 15.3 Å². The lowest BCUT2D eigenvalue weighted by molar-refractivity contribution is 0.181. The second-order valence-electron chi connectivity index (χ2n) is 4.96. The van der Waals surface area contributed by atoms with Crippen molar-refractivity contribution in [2.24, 2.45) is 0 Å². The second-order valence-corrected chi connectivity index (χ2v) is 4.96. The van der Waals surface area contributed by atoms with Gasteiger partial charge in [-0.15, -0.1) is 0 Å². The zero-order valence-electron chi connectivity index (χ0n) is 11.9. The van der Waals surface area contributed by atoms with Gasteiger partial charge in [-0.05, 0) is 24.3 Å². The molecule has 3 rings (SSSR count). The topological polar surface area (TPSA) is 78.0 Å². The predicted octanol–water partition coefficient (Wildman–Crippen LogP) is 2.35. The van der Waals surface area contributed by atoms with Crippen LogP contribution in [0.15, 0.2) is 47.3 Å². The molecule has 0 saturated carbocycles. The molecule has 1 aromatic heterocycles. The molecule has 7 heteroatoms. The smallest absolute Gasteiger partial charge is 0.260 e. The first-order valence-corrected chi connectivity index (χ1v) is 6.91. The van der Waals surface area contributed by atoms with Crippen molar-refractivity contribution in [3.63, 3.8) is 0 Å². The van der Waals surface area contributed by atoms with Crippen LogP contribution in [0.1, 0.15) is 11.7 Å². The molecule has 0 radical (unpaired) electrons. The van der Waals surface area contributed by atoms with Gasteiger partial charge >= 0.3 is 0 Å². The first kappa shape index (κ1) is 15.1. The Bertz CT molecular complexity index is 891. The molecule has 118 valence electrons. The minimum Gasteiger partial charge on any atom is -0.386 e. The number of benzene rings is 2. The lowest BCUT2D eigenvalue weighted by atomic mass is 10.1. The highest BCUT2D eigenvalue weighted by Gasteiger charge is 2.17. The molecule has 1 heterocycles. The number of halogens is 2. The highest BCUT2D eigenvalue weighted by atomic mass is 19.1. The lowest BCUT2D eigenvalue weighted by Crippen LogP contribution is -2.19. The Balaban J connectivity index is 1.82. The van der Waals surface area contributed by atoms with E-state index in [9.17, 15) is 18.7 Å². The number of aromatic nitrogens is 2. The summed E-state index contributed by atoms with van der Waals surface area (Å²) < 4.78 is 27.2. The highest BCUT2D eigenvalue weighted by molar-refractivity contribution is 5.78. The average Bonchev–Trinajstić information content (AvgIpc) is 2.53. The molecular weight excluding hydrogens is 304 g/mol.